The molecule has 3 N–H and O–H groups in total. The van der Waals surface area contributed by atoms with Crippen LogP contribution in [0.15, 0.2) is 0 Å². The largest absolute Gasteiger partial charge is 0.395 e. The summed E-state index contributed by atoms with van der Waals surface area (Å²) in [5, 5.41) is 8.95. The molecule has 106 valence electrons. The Labute approximate surface area is 110 Å². The monoisotopic (exact) mass is 257 g/mol. The Morgan fingerprint density at radius 1 is 1.33 bits per heavy atom. The summed E-state index contributed by atoms with van der Waals surface area (Å²) >= 11 is 0. The molecule has 1 unspecified atom stereocenters. The van der Waals surface area contributed by atoms with Crippen LogP contribution in [0.4, 0.5) is 0 Å². The average Bonchev–Trinajstić information content (AvgIpc) is 2.63. The first kappa shape index (κ1) is 15.4. The fourth-order valence-corrected chi connectivity index (χ4v) is 2.30. The van der Waals surface area contributed by atoms with E-state index < -0.39 is 5.41 Å². The molecule has 0 saturated carbocycles. The van der Waals surface area contributed by atoms with E-state index in [0.29, 0.717) is 13.1 Å². The Hall–Kier alpha value is -0.650. The fourth-order valence-electron chi connectivity index (χ4n) is 2.30. The molecule has 0 aromatic heterocycles. The average molecular weight is 257 g/mol. The molecule has 1 fully saturated rings. The lowest BCUT2D eigenvalue weighted by molar-refractivity contribution is -0.140. The van der Waals surface area contributed by atoms with Crippen molar-refractivity contribution in [2.75, 3.05) is 45.9 Å². The Morgan fingerprint density at radius 3 is 2.61 bits per heavy atom. The molecule has 1 amide bonds. The van der Waals surface area contributed by atoms with Crippen molar-refractivity contribution in [1.29, 1.82) is 0 Å². The standard InChI is InChI=1S/C13H27N3O2/c1-3-13(2,11-14)12(18)16-6-4-5-15(7-8-16)9-10-17/h17H,3-11,14H2,1-2H3. The van der Waals surface area contributed by atoms with Gasteiger partial charge in [-0.05, 0) is 26.3 Å². The maximum Gasteiger partial charge on any atom is 0.229 e. The van der Waals surface area contributed by atoms with E-state index in [1.165, 1.54) is 0 Å². The molecule has 0 aromatic rings. The number of carbonyl (C=O) groups excluding carboxylic acids is 1. The molecule has 5 nitrogen and oxygen atoms in total. The molecule has 0 aromatic carbocycles. The molecule has 18 heavy (non-hydrogen) atoms. The molecule has 0 spiro atoms. The Balaban J connectivity index is 2.59. The number of hydrogen-bond donors (Lipinski definition) is 2. The molecule has 5 heteroatoms. The van der Waals surface area contributed by atoms with Gasteiger partial charge in [0.25, 0.3) is 0 Å². The molecule has 1 atom stereocenters. The summed E-state index contributed by atoms with van der Waals surface area (Å²) in [5.41, 5.74) is 5.32. The quantitative estimate of drug-likeness (QED) is 0.721. The van der Waals surface area contributed by atoms with Gasteiger partial charge in [0.05, 0.1) is 12.0 Å². The third-order valence-corrected chi connectivity index (χ3v) is 4.04. The third kappa shape index (κ3) is 3.67. The Kier molecular flexibility index (Phi) is 6.05. The number of β-amino-alcohol motifs (C(OH)–C–C–N with tert-alkyl or cyclic N) is 1. The molecular formula is C13H27N3O2. The SMILES string of the molecule is CCC(C)(CN)C(=O)N1CCCN(CCO)CC1. The molecule has 0 aliphatic carbocycles. The molecule has 1 aliphatic rings. The summed E-state index contributed by atoms with van der Waals surface area (Å²) in [6.45, 7) is 8.59. The van der Waals surface area contributed by atoms with Crippen LogP contribution in [0, 0.1) is 5.41 Å². The van der Waals surface area contributed by atoms with Crippen LogP contribution >= 0.6 is 0 Å². The maximum absolute atomic E-state index is 12.5. The zero-order chi connectivity index (χ0) is 13.6. The van der Waals surface area contributed by atoms with Gasteiger partial charge in [-0.15, -0.1) is 0 Å². The summed E-state index contributed by atoms with van der Waals surface area (Å²) in [6, 6.07) is 0. The van der Waals surface area contributed by atoms with Crippen LogP contribution in [0.25, 0.3) is 0 Å². The van der Waals surface area contributed by atoms with Crippen molar-refractivity contribution >= 4 is 5.91 Å². The minimum absolute atomic E-state index is 0.179. The van der Waals surface area contributed by atoms with Gasteiger partial charge in [-0.3, -0.25) is 9.69 Å². The van der Waals surface area contributed by atoms with Crippen LogP contribution in [0.1, 0.15) is 26.7 Å². The van der Waals surface area contributed by atoms with Crippen molar-refractivity contribution in [3.63, 3.8) is 0 Å². The van der Waals surface area contributed by atoms with Crippen molar-refractivity contribution < 1.29 is 9.90 Å². The van der Waals surface area contributed by atoms with Gasteiger partial charge in [-0.25, -0.2) is 0 Å². The summed E-state index contributed by atoms with van der Waals surface area (Å²) in [4.78, 5) is 16.6. The normalized spacial score (nSPS) is 21.4. The first-order valence-electron chi connectivity index (χ1n) is 6.90. The number of nitrogens with two attached hydrogens (primary N) is 1. The van der Waals surface area contributed by atoms with E-state index in [-0.39, 0.29) is 12.5 Å². The number of nitrogens with zero attached hydrogens (tertiary/aromatic N) is 2. The predicted octanol–water partition coefficient (Wildman–Crippen LogP) is -0.112. The second kappa shape index (κ2) is 7.07. The number of aliphatic hydroxyl groups excluding tert-OH is 1. The number of amides is 1. The van der Waals surface area contributed by atoms with Crippen LogP contribution < -0.4 is 5.73 Å². The van der Waals surface area contributed by atoms with Crippen molar-refractivity contribution in [3.8, 4) is 0 Å². The first-order valence-corrected chi connectivity index (χ1v) is 6.90. The molecule has 1 aliphatic heterocycles. The number of hydrogen-bond acceptors (Lipinski definition) is 4. The van der Waals surface area contributed by atoms with E-state index in [1.54, 1.807) is 0 Å². The van der Waals surface area contributed by atoms with Crippen LogP contribution in [0.3, 0.4) is 0 Å². The van der Waals surface area contributed by atoms with Crippen molar-refractivity contribution in [2.24, 2.45) is 11.1 Å². The molecule has 1 rings (SSSR count). The van der Waals surface area contributed by atoms with Gasteiger partial charge < -0.3 is 15.7 Å². The Bertz CT molecular complexity index is 267. The minimum Gasteiger partial charge on any atom is -0.395 e. The summed E-state index contributed by atoms with van der Waals surface area (Å²) in [6.07, 6.45) is 1.75. The highest BCUT2D eigenvalue weighted by molar-refractivity contribution is 5.82. The van der Waals surface area contributed by atoms with E-state index in [9.17, 15) is 4.79 Å². The van der Waals surface area contributed by atoms with E-state index in [4.69, 9.17) is 10.8 Å². The second-order valence-electron chi connectivity index (χ2n) is 5.33. The van der Waals surface area contributed by atoms with Crippen LogP contribution in [0.2, 0.25) is 0 Å². The molecule has 0 bridgehead atoms. The zero-order valence-electron chi connectivity index (χ0n) is 11.7. The number of carbonyl (C=O) groups is 1. The topological polar surface area (TPSA) is 69.8 Å². The van der Waals surface area contributed by atoms with Crippen LogP contribution in [-0.4, -0.2) is 66.7 Å². The van der Waals surface area contributed by atoms with Crippen molar-refractivity contribution in [1.82, 2.24) is 9.80 Å². The van der Waals surface area contributed by atoms with E-state index in [2.05, 4.69) is 4.90 Å². The van der Waals surface area contributed by atoms with Gasteiger partial charge in [-0.1, -0.05) is 6.92 Å². The van der Waals surface area contributed by atoms with Gasteiger partial charge in [-0.2, -0.15) is 0 Å². The number of aliphatic hydroxyl groups is 1. The van der Waals surface area contributed by atoms with Crippen molar-refractivity contribution in [2.45, 2.75) is 26.7 Å². The lowest BCUT2D eigenvalue weighted by atomic mass is 9.86. The summed E-state index contributed by atoms with van der Waals surface area (Å²) in [7, 11) is 0. The highest BCUT2D eigenvalue weighted by Gasteiger charge is 2.34. The third-order valence-electron chi connectivity index (χ3n) is 4.04. The second-order valence-corrected chi connectivity index (χ2v) is 5.33. The van der Waals surface area contributed by atoms with Gasteiger partial charge >= 0.3 is 0 Å². The van der Waals surface area contributed by atoms with Crippen LogP contribution in [-0.2, 0) is 4.79 Å². The minimum atomic E-state index is -0.424. The van der Waals surface area contributed by atoms with Crippen LogP contribution in [0.5, 0.6) is 0 Å². The van der Waals surface area contributed by atoms with Crippen molar-refractivity contribution in [3.05, 3.63) is 0 Å². The predicted molar refractivity (Wildman–Crippen MR) is 72.2 cm³/mol. The van der Waals surface area contributed by atoms with E-state index in [1.807, 2.05) is 18.7 Å². The zero-order valence-corrected chi connectivity index (χ0v) is 11.7. The molecule has 1 saturated heterocycles. The van der Waals surface area contributed by atoms with Gasteiger partial charge in [0.2, 0.25) is 5.91 Å². The van der Waals surface area contributed by atoms with E-state index >= 15 is 0 Å². The lowest BCUT2D eigenvalue weighted by Gasteiger charge is -2.32. The smallest absolute Gasteiger partial charge is 0.229 e. The fraction of sp³-hybridized carbons (Fsp3) is 0.923. The first-order chi connectivity index (χ1) is 8.57. The van der Waals surface area contributed by atoms with Gasteiger partial charge in [0.15, 0.2) is 0 Å². The maximum atomic E-state index is 12.5. The molecule has 0 radical (unpaired) electrons. The highest BCUT2D eigenvalue weighted by Crippen LogP contribution is 2.23. The molecular weight excluding hydrogens is 230 g/mol. The summed E-state index contributed by atoms with van der Waals surface area (Å²) < 4.78 is 0. The van der Waals surface area contributed by atoms with Gasteiger partial charge in [0, 0.05) is 32.7 Å². The highest BCUT2D eigenvalue weighted by atomic mass is 16.3. The Morgan fingerprint density at radius 2 is 2.06 bits per heavy atom. The summed E-state index contributed by atoms with van der Waals surface area (Å²) in [5.74, 6) is 0.179. The molecule has 1 heterocycles. The van der Waals surface area contributed by atoms with E-state index in [0.717, 1.165) is 39.0 Å². The lowest BCUT2D eigenvalue weighted by Crippen LogP contribution is -2.47. The van der Waals surface area contributed by atoms with Gasteiger partial charge in [0.1, 0.15) is 0 Å². The number of rotatable bonds is 5.